The molecule has 150 valence electrons. The van der Waals surface area contributed by atoms with Gasteiger partial charge in [0, 0.05) is 38.3 Å². The summed E-state index contributed by atoms with van der Waals surface area (Å²) >= 11 is 0. The van der Waals surface area contributed by atoms with Crippen molar-refractivity contribution in [3.05, 3.63) is 65.2 Å². The molecule has 1 fully saturated rings. The van der Waals surface area contributed by atoms with Crippen molar-refractivity contribution >= 4 is 5.91 Å². The monoisotopic (exact) mass is 381 g/mol. The molecule has 1 saturated heterocycles. The van der Waals surface area contributed by atoms with Crippen molar-refractivity contribution in [2.24, 2.45) is 0 Å². The summed E-state index contributed by atoms with van der Waals surface area (Å²) in [5.41, 5.74) is 2.98. The second-order valence-electron chi connectivity index (χ2n) is 7.56. The van der Waals surface area contributed by atoms with Crippen molar-refractivity contribution in [3.8, 4) is 5.75 Å². The second kappa shape index (κ2) is 10.2. The van der Waals surface area contributed by atoms with Gasteiger partial charge in [0.1, 0.15) is 12.4 Å². The molecule has 5 heteroatoms. The van der Waals surface area contributed by atoms with Gasteiger partial charge >= 0.3 is 0 Å². The third-order valence-corrected chi connectivity index (χ3v) is 5.12. The van der Waals surface area contributed by atoms with Crippen LogP contribution in [0.3, 0.4) is 0 Å². The quantitative estimate of drug-likeness (QED) is 0.714. The van der Waals surface area contributed by atoms with E-state index in [1.807, 2.05) is 36.4 Å². The first kappa shape index (κ1) is 20.4. The van der Waals surface area contributed by atoms with Crippen LogP contribution in [-0.4, -0.2) is 62.0 Å². The summed E-state index contributed by atoms with van der Waals surface area (Å²) in [6.45, 7) is 8.78. The molecular weight excluding hydrogens is 350 g/mol. The number of nitrogens with one attached hydrogen (secondary N) is 1. The Morgan fingerprint density at radius 3 is 2.64 bits per heavy atom. The maximum atomic E-state index is 12.4. The van der Waals surface area contributed by atoms with Crippen LogP contribution in [0.4, 0.5) is 0 Å². The van der Waals surface area contributed by atoms with Crippen LogP contribution in [0.25, 0.3) is 0 Å². The molecular formula is C23H31N3O2. The summed E-state index contributed by atoms with van der Waals surface area (Å²) in [5.74, 6) is 0.672. The van der Waals surface area contributed by atoms with Gasteiger partial charge in [-0.25, -0.2) is 0 Å². The number of benzene rings is 2. The largest absolute Gasteiger partial charge is 0.489 e. The van der Waals surface area contributed by atoms with Gasteiger partial charge in [-0.05, 0) is 50.7 Å². The SMILES string of the molecule is Cc1cccc(COc2cccc(C(=O)NCCCN3CCN(C)CC3)c2)c1. The number of carbonyl (C=O) groups excluding carboxylic acids is 1. The van der Waals surface area contributed by atoms with Gasteiger partial charge in [-0.1, -0.05) is 35.9 Å². The maximum absolute atomic E-state index is 12.4. The fourth-order valence-corrected chi connectivity index (χ4v) is 3.37. The van der Waals surface area contributed by atoms with Gasteiger partial charge < -0.3 is 19.9 Å². The van der Waals surface area contributed by atoms with Gasteiger partial charge in [0.2, 0.25) is 0 Å². The molecule has 0 spiro atoms. The number of hydrogen-bond donors (Lipinski definition) is 1. The zero-order valence-corrected chi connectivity index (χ0v) is 17.0. The van der Waals surface area contributed by atoms with Crippen LogP contribution in [0.15, 0.2) is 48.5 Å². The van der Waals surface area contributed by atoms with Crippen molar-refractivity contribution in [1.29, 1.82) is 0 Å². The molecule has 1 N–H and O–H groups in total. The second-order valence-corrected chi connectivity index (χ2v) is 7.56. The van der Waals surface area contributed by atoms with Crippen molar-refractivity contribution < 1.29 is 9.53 Å². The topological polar surface area (TPSA) is 44.8 Å². The molecule has 0 aliphatic carbocycles. The number of likely N-dealkylation sites (N-methyl/N-ethyl adjacent to an activating group) is 1. The minimum absolute atomic E-state index is 0.0422. The van der Waals surface area contributed by atoms with Gasteiger partial charge in [0.25, 0.3) is 5.91 Å². The number of nitrogens with zero attached hydrogens (tertiary/aromatic N) is 2. The van der Waals surface area contributed by atoms with Gasteiger partial charge in [0.05, 0.1) is 0 Å². The Bertz CT molecular complexity index is 770. The zero-order chi connectivity index (χ0) is 19.8. The fraction of sp³-hybridized carbons (Fsp3) is 0.435. The molecule has 0 bridgehead atoms. The summed E-state index contributed by atoms with van der Waals surface area (Å²) in [6, 6.07) is 15.6. The average Bonchev–Trinajstić information content (AvgIpc) is 2.71. The number of hydrogen-bond acceptors (Lipinski definition) is 4. The molecule has 0 unspecified atom stereocenters. The van der Waals surface area contributed by atoms with Gasteiger partial charge in [-0.3, -0.25) is 4.79 Å². The van der Waals surface area contributed by atoms with Crippen molar-refractivity contribution in [1.82, 2.24) is 15.1 Å². The van der Waals surface area contributed by atoms with Gasteiger partial charge in [0.15, 0.2) is 0 Å². The van der Waals surface area contributed by atoms with E-state index in [-0.39, 0.29) is 5.91 Å². The average molecular weight is 382 g/mol. The molecule has 2 aromatic rings. The van der Waals surface area contributed by atoms with Crippen LogP contribution in [-0.2, 0) is 6.61 Å². The lowest BCUT2D eigenvalue weighted by molar-refractivity contribution is 0.0949. The summed E-state index contributed by atoms with van der Waals surface area (Å²) < 4.78 is 5.86. The van der Waals surface area contributed by atoms with Gasteiger partial charge in [-0.15, -0.1) is 0 Å². The lowest BCUT2D eigenvalue weighted by Crippen LogP contribution is -2.45. The van der Waals surface area contributed by atoms with Crippen LogP contribution >= 0.6 is 0 Å². The molecule has 1 aliphatic rings. The number of amides is 1. The van der Waals surface area contributed by atoms with E-state index in [4.69, 9.17) is 4.74 Å². The Balaban J connectivity index is 1.42. The number of aryl methyl sites for hydroxylation is 1. The number of carbonyl (C=O) groups is 1. The third-order valence-electron chi connectivity index (χ3n) is 5.12. The lowest BCUT2D eigenvalue weighted by atomic mass is 10.1. The van der Waals surface area contributed by atoms with Crippen LogP contribution in [0.1, 0.15) is 27.9 Å². The van der Waals surface area contributed by atoms with E-state index in [1.54, 1.807) is 0 Å². The summed E-state index contributed by atoms with van der Waals surface area (Å²) in [6.07, 6.45) is 0.971. The third kappa shape index (κ3) is 6.36. The standard InChI is InChI=1S/C23H31N3O2/c1-19-6-3-7-20(16-19)18-28-22-9-4-8-21(17-22)23(27)24-10-5-11-26-14-12-25(2)13-15-26/h3-4,6-9,16-17H,5,10-15,18H2,1-2H3,(H,24,27). The first-order valence-electron chi connectivity index (χ1n) is 10.1. The van der Waals surface area contributed by atoms with Crippen molar-refractivity contribution in [3.63, 3.8) is 0 Å². The predicted molar refractivity (Wildman–Crippen MR) is 113 cm³/mol. The predicted octanol–water partition coefficient (Wildman–Crippen LogP) is 2.94. The molecule has 0 atom stereocenters. The van der Waals surface area contributed by atoms with E-state index < -0.39 is 0 Å². The molecule has 28 heavy (non-hydrogen) atoms. The van der Waals surface area contributed by atoms with Crippen molar-refractivity contribution in [2.45, 2.75) is 20.0 Å². The lowest BCUT2D eigenvalue weighted by Gasteiger charge is -2.32. The van der Waals surface area contributed by atoms with E-state index in [2.05, 4.69) is 41.2 Å². The van der Waals surface area contributed by atoms with E-state index in [9.17, 15) is 4.79 Å². The summed E-state index contributed by atoms with van der Waals surface area (Å²) in [5, 5.41) is 3.02. The molecule has 3 rings (SSSR count). The Labute approximate surface area is 168 Å². The first-order valence-corrected chi connectivity index (χ1v) is 10.1. The highest BCUT2D eigenvalue weighted by Crippen LogP contribution is 2.16. The Morgan fingerprint density at radius 2 is 1.86 bits per heavy atom. The highest BCUT2D eigenvalue weighted by molar-refractivity contribution is 5.94. The molecule has 1 aliphatic heterocycles. The number of rotatable bonds is 8. The molecule has 1 heterocycles. The molecule has 5 nitrogen and oxygen atoms in total. The highest BCUT2D eigenvalue weighted by Gasteiger charge is 2.13. The molecule has 0 aromatic heterocycles. The van der Waals surface area contributed by atoms with Crippen molar-refractivity contribution in [2.75, 3.05) is 46.3 Å². The first-order chi connectivity index (χ1) is 13.6. The van der Waals surface area contributed by atoms with E-state index >= 15 is 0 Å². The van der Waals surface area contributed by atoms with Crippen LogP contribution < -0.4 is 10.1 Å². The fourth-order valence-electron chi connectivity index (χ4n) is 3.37. The number of ether oxygens (including phenoxy) is 1. The van der Waals surface area contributed by atoms with E-state index in [0.29, 0.717) is 24.5 Å². The zero-order valence-electron chi connectivity index (χ0n) is 17.0. The highest BCUT2D eigenvalue weighted by atomic mass is 16.5. The Kier molecular flexibility index (Phi) is 7.46. The summed E-state index contributed by atoms with van der Waals surface area (Å²) in [4.78, 5) is 17.2. The molecule has 1 amide bonds. The molecule has 0 saturated carbocycles. The molecule has 0 radical (unpaired) electrons. The minimum Gasteiger partial charge on any atom is -0.489 e. The Morgan fingerprint density at radius 1 is 1.07 bits per heavy atom. The smallest absolute Gasteiger partial charge is 0.251 e. The number of piperazine rings is 1. The Hall–Kier alpha value is -2.37. The van der Waals surface area contributed by atoms with Crippen LogP contribution in [0, 0.1) is 6.92 Å². The van der Waals surface area contributed by atoms with Crippen LogP contribution in [0.2, 0.25) is 0 Å². The summed E-state index contributed by atoms with van der Waals surface area (Å²) in [7, 11) is 2.16. The van der Waals surface area contributed by atoms with Crippen LogP contribution in [0.5, 0.6) is 5.75 Å². The normalized spacial score (nSPS) is 15.4. The van der Waals surface area contributed by atoms with E-state index in [0.717, 1.165) is 44.7 Å². The maximum Gasteiger partial charge on any atom is 0.251 e. The minimum atomic E-state index is -0.0422. The molecule has 2 aromatic carbocycles. The van der Waals surface area contributed by atoms with E-state index in [1.165, 1.54) is 5.56 Å². The van der Waals surface area contributed by atoms with Gasteiger partial charge in [-0.2, -0.15) is 0 Å².